The van der Waals surface area contributed by atoms with Crippen molar-refractivity contribution < 1.29 is 9.53 Å². The molecular weight excluding hydrogens is 354 g/mol. The molecule has 7 heteroatoms. The van der Waals surface area contributed by atoms with Gasteiger partial charge in [0.15, 0.2) is 0 Å². The number of ether oxygens (including phenoxy) is 1. The van der Waals surface area contributed by atoms with Crippen LogP contribution in [0.4, 0.5) is 17.3 Å². The van der Waals surface area contributed by atoms with Gasteiger partial charge in [-0.05, 0) is 43.0 Å². The van der Waals surface area contributed by atoms with E-state index >= 15 is 0 Å². The van der Waals surface area contributed by atoms with Gasteiger partial charge in [0.2, 0.25) is 5.95 Å². The number of morpholine rings is 1. The second-order valence-electron chi connectivity index (χ2n) is 7.54. The molecule has 0 spiro atoms. The Hall–Kier alpha value is -2.67. The largest absolute Gasteiger partial charge is 0.378 e. The van der Waals surface area contributed by atoms with E-state index in [0.717, 1.165) is 37.8 Å². The number of hydrogen-bond acceptors (Lipinski definition) is 6. The van der Waals surface area contributed by atoms with E-state index in [9.17, 15) is 4.79 Å². The van der Waals surface area contributed by atoms with Crippen LogP contribution in [0.1, 0.15) is 30.1 Å². The lowest BCUT2D eigenvalue weighted by atomic mass is 9.99. The lowest BCUT2D eigenvalue weighted by molar-refractivity contribution is 0.102. The van der Waals surface area contributed by atoms with Gasteiger partial charge in [-0.15, -0.1) is 0 Å². The van der Waals surface area contributed by atoms with Gasteiger partial charge in [-0.1, -0.05) is 6.92 Å². The highest BCUT2D eigenvalue weighted by atomic mass is 16.5. The number of rotatable bonds is 4. The van der Waals surface area contributed by atoms with Crippen LogP contribution in [0.2, 0.25) is 0 Å². The molecule has 2 aliphatic heterocycles. The van der Waals surface area contributed by atoms with Crippen molar-refractivity contribution in [2.45, 2.75) is 19.8 Å². The summed E-state index contributed by atoms with van der Waals surface area (Å²) in [5.41, 5.74) is 2.44. The Bertz CT molecular complexity index is 779. The molecule has 2 fully saturated rings. The average molecular weight is 381 g/mol. The second kappa shape index (κ2) is 8.56. The molecule has 0 saturated carbocycles. The summed E-state index contributed by atoms with van der Waals surface area (Å²) in [7, 11) is 0. The van der Waals surface area contributed by atoms with E-state index in [0.29, 0.717) is 24.7 Å². The van der Waals surface area contributed by atoms with Gasteiger partial charge in [-0.2, -0.15) is 0 Å². The number of amides is 1. The van der Waals surface area contributed by atoms with Gasteiger partial charge in [-0.3, -0.25) is 4.79 Å². The Morgan fingerprint density at radius 3 is 2.29 bits per heavy atom. The van der Waals surface area contributed by atoms with Crippen molar-refractivity contribution in [1.82, 2.24) is 9.97 Å². The maximum absolute atomic E-state index is 12.5. The maximum Gasteiger partial charge on any atom is 0.258 e. The zero-order valence-corrected chi connectivity index (χ0v) is 16.3. The molecule has 3 heterocycles. The minimum atomic E-state index is -0.201. The Kier molecular flexibility index (Phi) is 5.71. The maximum atomic E-state index is 12.5. The monoisotopic (exact) mass is 381 g/mol. The number of carbonyl (C=O) groups excluding carboxylic acids is 1. The van der Waals surface area contributed by atoms with Gasteiger partial charge in [0, 0.05) is 49.9 Å². The summed E-state index contributed by atoms with van der Waals surface area (Å²) >= 11 is 0. The Morgan fingerprint density at radius 2 is 1.64 bits per heavy atom. The highest BCUT2D eigenvalue weighted by molar-refractivity contribution is 6.03. The van der Waals surface area contributed by atoms with Gasteiger partial charge < -0.3 is 19.9 Å². The molecule has 2 aromatic rings. The van der Waals surface area contributed by atoms with E-state index in [4.69, 9.17) is 4.74 Å². The van der Waals surface area contributed by atoms with Crippen molar-refractivity contribution in [3.05, 3.63) is 42.2 Å². The van der Waals surface area contributed by atoms with Crippen LogP contribution in [0.5, 0.6) is 0 Å². The molecule has 148 valence electrons. The van der Waals surface area contributed by atoms with Crippen molar-refractivity contribution in [3.63, 3.8) is 0 Å². The molecular formula is C21H27N5O2. The fourth-order valence-electron chi connectivity index (χ4n) is 3.59. The predicted molar refractivity (Wildman–Crippen MR) is 110 cm³/mol. The van der Waals surface area contributed by atoms with E-state index in [-0.39, 0.29) is 5.91 Å². The van der Waals surface area contributed by atoms with Crippen molar-refractivity contribution in [1.29, 1.82) is 0 Å². The van der Waals surface area contributed by atoms with Crippen molar-refractivity contribution in [2.75, 3.05) is 54.5 Å². The molecule has 2 saturated heterocycles. The van der Waals surface area contributed by atoms with Gasteiger partial charge in [-0.25, -0.2) is 9.97 Å². The first kappa shape index (κ1) is 18.7. The Balaban J connectivity index is 1.35. The van der Waals surface area contributed by atoms with E-state index in [2.05, 4.69) is 44.1 Å². The number of nitrogens with one attached hydrogen (secondary N) is 1. The predicted octanol–water partition coefficient (Wildman–Crippen LogP) is 2.80. The summed E-state index contributed by atoms with van der Waals surface area (Å²) in [5.74, 6) is 1.25. The summed E-state index contributed by atoms with van der Waals surface area (Å²) < 4.78 is 5.34. The molecule has 1 N–H and O–H groups in total. The van der Waals surface area contributed by atoms with Crippen LogP contribution >= 0.6 is 0 Å². The van der Waals surface area contributed by atoms with Crippen LogP contribution in [0.25, 0.3) is 0 Å². The lowest BCUT2D eigenvalue weighted by Crippen LogP contribution is -2.37. The van der Waals surface area contributed by atoms with Gasteiger partial charge in [0.05, 0.1) is 18.8 Å². The summed E-state index contributed by atoms with van der Waals surface area (Å²) in [6, 6.07) is 8.05. The molecule has 1 aromatic carbocycles. The molecule has 0 unspecified atom stereocenters. The number of anilines is 3. The molecule has 1 aromatic heterocycles. The van der Waals surface area contributed by atoms with Crippen molar-refractivity contribution in [2.24, 2.45) is 5.92 Å². The smallest absolute Gasteiger partial charge is 0.258 e. The number of carbonyl (C=O) groups is 1. The number of piperidine rings is 1. The minimum absolute atomic E-state index is 0.201. The first-order valence-electron chi connectivity index (χ1n) is 10.00. The van der Waals surface area contributed by atoms with Gasteiger partial charge >= 0.3 is 0 Å². The number of nitrogens with zero attached hydrogens (tertiary/aromatic N) is 4. The number of aromatic nitrogens is 2. The SMILES string of the molecule is CC1CCN(c2ccc(NC(=O)c3cnc(N4CCOCC4)nc3)cc2)CC1. The molecule has 1 amide bonds. The standard InChI is InChI=1S/C21H27N5O2/c1-16-6-8-25(9-7-16)19-4-2-18(3-5-19)24-20(27)17-14-22-21(23-15-17)26-10-12-28-13-11-26/h2-5,14-16H,6-13H2,1H3,(H,24,27). The third kappa shape index (κ3) is 4.42. The summed E-state index contributed by atoms with van der Waals surface area (Å²) in [6.45, 7) is 7.41. The minimum Gasteiger partial charge on any atom is -0.378 e. The lowest BCUT2D eigenvalue weighted by Gasteiger charge is -2.32. The van der Waals surface area contributed by atoms with Gasteiger partial charge in [0.1, 0.15) is 0 Å². The first-order chi connectivity index (χ1) is 13.7. The molecule has 0 radical (unpaired) electrons. The van der Waals surface area contributed by atoms with Crippen LogP contribution in [-0.4, -0.2) is 55.3 Å². The molecule has 0 bridgehead atoms. The third-order valence-corrected chi connectivity index (χ3v) is 5.47. The molecule has 0 aliphatic carbocycles. The highest BCUT2D eigenvalue weighted by Crippen LogP contribution is 2.24. The molecule has 0 atom stereocenters. The normalized spacial score (nSPS) is 18.2. The fourth-order valence-corrected chi connectivity index (χ4v) is 3.59. The quantitative estimate of drug-likeness (QED) is 0.878. The summed E-state index contributed by atoms with van der Waals surface area (Å²) in [4.78, 5) is 25.6. The highest BCUT2D eigenvalue weighted by Gasteiger charge is 2.17. The van der Waals surface area contributed by atoms with Crippen molar-refractivity contribution >= 4 is 23.2 Å². The van der Waals surface area contributed by atoms with E-state index in [1.54, 1.807) is 12.4 Å². The second-order valence-corrected chi connectivity index (χ2v) is 7.54. The summed E-state index contributed by atoms with van der Waals surface area (Å²) in [6.07, 6.45) is 5.63. The molecule has 7 nitrogen and oxygen atoms in total. The Morgan fingerprint density at radius 1 is 1.00 bits per heavy atom. The van der Waals surface area contributed by atoms with Crippen LogP contribution < -0.4 is 15.1 Å². The van der Waals surface area contributed by atoms with E-state index in [1.807, 2.05) is 12.1 Å². The van der Waals surface area contributed by atoms with Crippen LogP contribution in [-0.2, 0) is 4.74 Å². The summed E-state index contributed by atoms with van der Waals surface area (Å²) in [5, 5.41) is 2.92. The zero-order chi connectivity index (χ0) is 19.3. The van der Waals surface area contributed by atoms with Crippen molar-refractivity contribution in [3.8, 4) is 0 Å². The Labute approximate surface area is 165 Å². The zero-order valence-electron chi connectivity index (χ0n) is 16.3. The van der Waals surface area contributed by atoms with Crippen LogP contribution in [0, 0.1) is 5.92 Å². The average Bonchev–Trinajstić information content (AvgIpc) is 2.76. The van der Waals surface area contributed by atoms with Crippen LogP contribution in [0.3, 0.4) is 0 Å². The van der Waals surface area contributed by atoms with Gasteiger partial charge in [0.25, 0.3) is 5.91 Å². The molecule has 4 rings (SSSR count). The van der Waals surface area contributed by atoms with Crippen LogP contribution in [0.15, 0.2) is 36.7 Å². The first-order valence-corrected chi connectivity index (χ1v) is 10.00. The number of hydrogen-bond donors (Lipinski definition) is 1. The molecule has 28 heavy (non-hydrogen) atoms. The topological polar surface area (TPSA) is 70.6 Å². The fraction of sp³-hybridized carbons (Fsp3) is 0.476. The van der Waals surface area contributed by atoms with E-state index in [1.165, 1.54) is 18.5 Å². The van der Waals surface area contributed by atoms with E-state index < -0.39 is 0 Å². The molecule has 2 aliphatic rings. The third-order valence-electron chi connectivity index (χ3n) is 5.47. The number of benzene rings is 1.